The molecule has 2 aromatic rings. The van der Waals surface area contributed by atoms with Crippen LogP contribution in [0, 0.1) is 0 Å². The van der Waals surface area contributed by atoms with Crippen molar-refractivity contribution in [2.45, 2.75) is 25.7 Å². The van der Waals surface area contributed by atoms with Gasteiger partial charge in [0.05, 0.1) is 12.8 Å². The highest BCUT2D eigenvalue weighted by molar-refractivity contribution is 6.30. The summed E-state index contributed by atoms with van der Waals surface area (Å²) < 4.78 is 7.35. The van der Waals surface area contributed by atoms with Crippen LogP contribution in [0.25, 0.3) is 0 Å². The maximum Gasteiger partial charge on any atom is 0.122 e. The van der Waals surface area contributed by atoms with E-state index >= 15 is 0 Å². The van der Waals surface area contributed by atoms with Gasteiger partial charge in [0.1, 0.15) is 5.75 Å². The van der Waals surface area contributed by atoms with Gasteiger partial charge in [-0.3, -0.25) is 4.68 Å². The van der Waals surface area contributed by atoms with Crippen LogP contribution in [0.1, 0.15) is 42.6 Å². The lowest BCUT2D eigenvalue weighted by molar-refractivity contribution is 0.407. The molecule has 1 aromatic carbocycles. The molecule has 2 N–H and O–H groups in total. The highest BCUT2D eigenvalue weighted by Gasteiger charge is 2.22. The Bertz CT molecular complexity index is 622. The van der Waals surface area contributed by atoms with Gasteiger partial charge in [0.15, 0.2) is 0 Å². The molecule has 0 aliphatic rings. The van der Waals surface area contributed by atoms with Gasteiger partial charge in [-0.15, -0.1) is 0 Å². The van der Waals surface area contributed by atoms with Gasteiger partial charge in [-0.2, -0.15) is 5.10 Å². The zero-order valence-electron chi connectivity index (χ0n) is 12.9. The zero-order chi connectivity index (χ0) is 15.6. The van der Waals surface area contributed by atoms with Crippen LogP contribution < -0.4 is 10.5 Å². The maximum atomic E-state index is 6.14. The van der Waals surface area contributed by atoms with E-state index in [0.717, 1.165) is 22.7 Å². The molecule has 0 saturated heterocycles. The van der Waals surface area contributed by atoms with Crippen molar-refractivity contribution < 1.29 is 4.74 Å². The van der Waals surface area contributed by atoms with Crippen LogP contribution in [0.5, 0.6) is 5.75 Å². The Hall–Kier alpha value is -1.52. The summed E-state index contributed by atoms with van der Waals surface area (Å²) in [6, 6.07) is 7.73. The summed E-state index contributed by atoms with van der Waals surface area (Å²) in [7, 11) is 3.60. The zero-order valence-corrected chi connectivity index (χ0v) is 13.7. The molecule has 1 atom stereocenters. The number of hydrogen-bond acceptors (Lipinski definition) is 3. The lowest BCUT2D eigenvalue weighted by atomic mass is 9.94. The molecule has 21 heavy (non-hydrogen) atoms. The van der Waals surface area contributed by atoms with Crippen molar-refractivity contribution in [2.24, 2.45) is 12.8 Å². The van der Waals surface area contributed by atoms with Gasteiger partial charge >= 0.3 is 0 Å². The minimum atomic E-state index is 0.00338. The van der Waals surface area contributed by atoms with Crippen LogP contribution in [0.15, 0.2) is 24.3 Å². The lowest BCUT2D eigenvalue weighted by Gasteiger charge is -2.19. The first-order valence-corrected chi connectivity index (χ1v) is 7.43. The number of aromatic nitrogens is 2. The molecular weight excluding hydrogens is 286 g/mol. The number of methoxy groups -OCH3 is 1. The number of aryl methyl sites for hydroxylation is 1. The Kier molecular flexibility index (Phi) is 4.91. The molecule has 1 heterocycles. The molecule has 0 bridgehead atoms. The first kappa shape index (κ1) is 15.9. The minimum Gasteiger partial charge on any atom is -0.496 e. The SMILES string of the molecule is COc1ccc(Cl)cc1C(CN)c1cc(C(C)C)nn1C. The van der Waals surface area contributed by atoms with Crippen LogP contribution in [-0.2, 0) is 7.05 Å². The third-order valence-electron chi connectivity index (χ3n) is 3.69. The summed E-state index contributed by atoms with van der Waals surface area (Å²) in [4.78, 5) is 0. The van der Waals surface area contributed by atoms with Gasteiger partial charge in [0.25, 0.3) is 0 Å². The number of rotatable bonds is 5. The van der Waals surface area contributed by atoms with Gasteiger partial charge in [-0.1, -0.05) is 25.4 Å². The summed E-state index contributed by atoms with van der Waals surface area (Å²) in [6.45, 7) is 4.72. The summed E-state index contributed by atoms with van der Waals surface area (Å²) in [5.41, 5.74) is 9.15. The fourth-order valence-electron chi connectivity index (χ4n) is 2.50. The van der Waals surface area contributed by atoms with Gasteiger partial charge in [0, 0.05) is 35.8 Å². The smallest absolute Gasteiger partial charge is 0.122 e. The standard InChI is InChI=1S/C16H22ClN3O/c1-10(2)14-8-15(20(3)19-14)13(9-18)12-7-11(17)5-6-16(12)21-4/h5-8,10,13H,9,18H2,1-4H3. The van der Waals surface area contributed by atoms with Crippen LogP contribution in [0.2, 0.25) is 5.02 Å². The van der Waals surface area contributed by atoms with Crippen molar-refractivity contribution in [3.05, 3.63) is 46.2 Å². The third kappa shape index (κ3) is 3.22. The average Bonchev–Trinajstić information content (AvgIpc) is 2.83. The van der Waals surface area contributed by atoms with Crippen molar-refractivity contribution in [3.8, 4) is 5.75 Å². The molecule has 0 amide bonds. The molecule has 1 aromatic heterocycles. The number of ether oxygens (including phenoxy) is 1. The first-order valence-electron chi connectivity index (χ1n) is 7.05. The monoisotopic (exact) mass is 307 g/mol. The van der Waals surface area contributed by atoms with Crippen molar-refractivity contribution in [1.82, 2.24) is 9.78 Å². The van der Waals surface area contributed by atoms with Gasteiger partial charge in [0.2, 0.25) is 0 Å². The van der Waals surface area contributed by atoms with Gasteiger partial charge in [-0.05, 0) is 30.2 Å². The Morgan fingerprint density at radius 1 is 1.33 bits per heavy atom. The van der Waals surface area contributed by atoms with E-state index in [1.54, 1.807) is 7.11 Å². The maximum absolute atomic E-state index is 6.14. The Morgan fingerprint density at radius 2 is 2.05 bits per heavy atom. The molecule has 0 saturated carbocycles. The second-order valence-corrected chi connectivity index (χ2v) is 5.88. The molecule has 0 fully saturated rings. The molecule has 2 rings (SSSR count). The van der Waals surface area contributed by atoms with Crippen LogP contribution in [0.3, 0.4) is 0 Å². The van der Waals surface area contributed by atoms with Crippen LogP contribution in [0.4, 0.5) is 0 Å². The van der Waals surface area contributed by atoms with E-state index in [-0.39, 0.29) is 5.92 Å². The highest BCUT2D eigenvalue weighted by Crippen LogP contribution is 2.34. The first-order chi connectivity index (χ1) is 9.97. The van der Waals surface area contributed by atoms with E-state index in [9.17, 15) is 0 Å². The second kappa shape index (κ2) is 6.50. The van der Waals surface area contributed by atoms with E-state index in [4.69, 9.17) is 22.1 Å². The quantitative estimate of drug-likeness (QED) is 0.922. The normalized spacial score (nSPS) is 12.7. The number of nitrogens with two attached hydrogens (primary N) is 1. The third-order valence-corrected chi connectivity index (χ3v) is 3.92. The van der Waals surface area contributed by atoms with E-state index in [0.29, 0.717) is 17.5 Å². The van der Waals surface area contributed by atoms with Crippen LogP contribution in [-0.4, -0.2) is 23.4 Å². The topological polar surface area (TPSA) is 53.1 Å². The average molecular weight is 308 g/mol. The highest BCUT2D eigenvalue weighted by atomic mass is 35.5. The molecule has 114 valence electrons. The molecule has 0 aliphatic carbocycles. The van der Waals surface area contributed by atoms with Crippen molar-refractivity contribution >= 4 is 11.6 Å². The van der Waals surface area contributed by atoms with Gasteiger partial charge in [-0.25, -0.2) is 0 Å². The number of hydrogen-bond donors (Lipinski definition) is 1. The number of nitrogens with zero attached hydrogens (tertiary/aromatic N) is 2. The molecule has 0 aliphatic heterocycles. The fraction of sp³-hybridized carbons (Fsp3) is 0.438. The predicted octanol–water partition coefficient (Wildman–Crippen LogP) is 3.30. The summed E-state index contributed by atoms with van der Waals surface area (Å²) >= 11 is 6.14. The summed E-state index contributed by atoms with van der Waals surface area (Å²) in [6.07, 6.45) is 0. The van der Waals surface area contributed by atoms with Crippen molar-refractivity contribution in [2.75, 3.05) is 13.7 Å². The van der Waals surface area contributed by atoms with Crippen molar-refractivity contribution in [1.29, 1.82) is 0 Å². The Labute approximate surface area is 130 Å². The van der Waals surface area contributed by atoms with Crippen LogP contribution >= 0.6 is 11.6 Å². The summed E-state index contributed by atoms with van der Waals surface area (Å²) in [5.74, 6) is 1.18. The van der Waals surface area contributed by atoms with E-state index < -0.39 is 0 Å². The second-order valence-electron chi connectivity index (χ2n) is 5.45. The molecule has 0 spiro atoms. The Morgan fingerprint density at radius 3 is 2.57 bits per heavy atom. The molecule has 5 heteroatoms. The van der Waals surface area contributed by atoms with Crippen molar-refractivity contribution in [3.63, 3.8) is 0 Å². The minimum absolute atomic E-state index is 0.00338. The fourth-order valence-corrected chi connectivity index (χ4v) is 2.68. The van der Waals surface area contributed by atoms with E-state index in [1.165, 1.54) is 0 Å². The van der Waals surface area contributed by atoms with Gasteiger partial charge < -0.3 is 10.5 Å². The number of benzene rings is 1. The molecule has 1 unspecified atom stereocenters. The predicted molar refractivity (Wildman–Crippen MR) is 86.2 cm³/mol. The largest absolute Gasteiger partial charge is 0.496 e. The molecular formula is C16H22ClN3O. The number of halogens is 1. The Balaban J connectivity index is 2.51. The van der Waals surface area contributed by atoms with E-state index in [2.05, 4.69) is 25.0 Å². The van der Waals surface area contributed by atoms with E-state index in [1.807, 2.05) is 29.9 Å². The molecule has 4 nitrogen and oxygen atoms in total. The lowest BCUT2D eigenvalue weighted by Crippen LogP contribution is -2.17. The molecule has 0 radical (unpaired) electrons. The summed E-state index contributed by atoms with van der Waals surface area (Å²) in [5, 5.41) is 5.25.